The molecule has 21 heavy (non-hydrogen) atoms. The highest BCUT2D eigenvalue weighted by Crippen LogP contribution is 2.25. The van der Waals surface area contributed by atoms with Crippen molar-refractivity contribution in [1.82, 2.24) is 0 Å². The van der Waals surface area contributed by atoms with E-state index in [4.69, 9.17) is 4.74 Å². The Labute approximate surface area is 131 Å². The van der Waals surface area contributed by atoms with Gasteiger partial charge in [0.1, 0.15) is 5.82 Å². The molecule has 1 N–H and O–H groups in total. The van der Waals surface area contributed by atoms with Gasteiger partial charge < -0.3 is 10.1 Å². The van der Waals surface area contributed by atoms with Crippen molar-refractivity contribution in [3.8, 4) is 0 Å². The Morgan fingerprint density at radius 1 is 1.29 bits per heavy atom. The van der Waals surface area contributed by atoms with Crippen LogP contribution in [-0.2, 0) is 9.53 Å². The topological polar surface area (TPSA) is 38.3 Å². The van der Waals surface area contributed by atoms with Crippen molar-refractivity contribution in [2.75, 3.05) is 11.9 Å². The normalized spacial score (nSPS) is 11.8. The lowest BCUT2D eigenvalue weighted by atomic mass is 10.1. The standard InChI is InChI=1S/C16H15BrFNO2/c1-2-21-16(20)15(13-8-3-4-9-14(13)18)19-12-7-5-6-11(17)10-12/h3-10,15,19H,2H2,1H3. The molecule has 110 valence electrons. The third-order valence-electron chi connectivity index (χ3n) is 2.87. The smallest absolute Gasteiger partial charge is 0.333 e. The molecule has 2 rings (SSSR count). The van der Waals surface area contributed by atoms with Gasteiger partial charge in [-0.3, -0.25) is 0 Å². The van der Waals surface area contributed by atoms with Crippen LogP contribution in [0, 0.1) is 5.82 Å². The van der Waals surface area contributed by atoms with Crippen LogP contribution in [0.15, 0.2) is 53.0 Å². The zero-order valence-electron chi connectivity index (χ0n) is 11.5. The van der Waals surface area contributed by atoms with Crippen molar-refractivity contribution in [3.05, 3.63) is 64.4 Å². The molecule has 0 spiro atoms. The molecule has 2 aromatic carbocycles. The minimum absolute atomic E-state index is 0.240. The summed E-state index contributed by atoms with van der Waals surface area (Å²) in [6, 6.07) is 12.6. The fourth-order valence-corrected chi connectivity index (χ4v) is 2.34. The van der Waals surface area contributed by atoms with Crippen LogP contribution < -0.4 is 5.32 Å². The second-order valence-corrected chi connectivity index (χ2v) is 5.28. The van der Waals surface area contributed by atoms with Crippen LogP contribution in [-0.4, -0.2) is 12.6 Å². The number of hydrogen-bond donors (Lipinski definition) is 1. The number of anilines is 1. The Bertz CT molecular complexity index is 633. The molecule has 0 aliphatic heterocycles. The lowest BCUT2D eigenvalue weighted by molar-refractivity contribution is -0.144. The largest absolute Gasteiger partial charge is 0.464 e. The van der Waals surface area contributed by atoms with Gasteiger partial charge in [-0.25, -0.2) is 9.18 Å². The summed E-state index contributed by atoms with van der Waals surface area (Å²) in [6.45, 7) is 1.96. The Kier molecular flexibility index (Phi) is 5.33. The maximum atomic E-state index is 14.0. The van der Waals surface area contributed by atoms with Gasteiger partial charge in [0.25, 0.3) is 0 Å². The summed E-state index contributed by atoms with van der Waals surface area (Å²) < 4.78 is 19.9. The summed E-state index contributed by atoms with van der Waals surface area (Å²) in [5, 5.41) is 3.02. The number of rotatable bonds is 5. The second kappa shape index (κ2) is 7.22. The Morgan fingerprint density at radius 2 is 2.05 bits per heavy atom. The molecule has 1 atom stereocenters. The average molecular weight is 352 g/mol. The highest BCUT2D eigenvalue weighted by atomic mass is 79.9. The minimum Gasteiger partial charge on any atom is -0.464 e. The van der Waals surface area contributed by atoms with Gasteiger partial charge in [-0.2, -0.15) is 0 Å². The molecular weight excluding hydrogens is 337 g/mol. The van der Waals surface area contributed by atoms with Crippen LogP contribution in [0.1, 0.15) is 18.5 Å². The van der Waals surface area contributed by atoms with Crippen LogP contribution in [0.5, 0.6) is 0 Å². The fourth-order valence-electron chi connectivity index (χ4n) is 1.94. The van der Waals surface area contributed by atoms with Gasteiger partial charge in [-0.05, 0) is 31.2 Å². The number of carbonyl (C=O) groups excluding carboxylic acids is 1. The zero-order valence-corrected chi connectivity index (χ0v) is 13.1. The van der Waals surface area contributed by atoms with Crippen molar-refractivity contribution in [2.45, 2.75) is 13.0 Å². The van der Waals surface area contributed by atoms with E-state index in [1.54, 1.807) is 31.2 Å². The molecule has 0 saturated heterocycles. The zero-order chi connectivity index (χ0) is 15.2. The molecule has 0 heterocycles. The first-order valence-corrected chi connectivity index (χ1v) is 7.34. The van der Waals surface area contributed by atoms with Gasteiger partial charge in [0.2, 0.25) is 0 Å². The second-order valence-electron chi connectivity index (χ2n) is 4.36. The van der Waals surface area contributed by atoms with Gasteiger partial charge in [-0.1, -0.05) is 40.2 Å². The maximum Gasteiger partial charge on any atom is 0.333 e. The van der Waals surface area contributed by atoms with E-state index in [9.17, 15) is 9.18 Å². The van der Waals surface area contributed by atoms with E-state index in [1.807, 2.05) is 18.2 Å². The van der Waals surface area contributed by atoms with Crippen LogP contribution in [0.4, 0.5) is 10.1 Å². The molecule has 0 bridgehead atoms. The predicted molar refractivity (Wildman–Crippen MR) is 83.5 cm³/mol. The molecule has 2 aromatic rings. The van der Waals surface area contributed by atoms with Gasteiger partial charge in [0.15, 0.2) is 6.04 Å². The first kappa shape index (κ1) is 15.5. The number of benzene rings is 2. The highest BCUT2D eigenvalue weighted by Gasteiger charge is 2.24. The Balaban J connectivity index is 2.33. The van der Waals surface area contributed by atoms with Crippen LogP contribution >= 0.6 is 15.9 Å². The SMILES string of the molecule is CCOC(=O)C(Nc1cccc(Br)c1)c1ccccc1F. The average Bonchev–Trinajstić information content (AvgIpc) is 2.46. The fraction of sp³-hybridized carbons (Fsp3) is 0.188. The van der Waals surface area contributed by atoms with Crippen molar-refractivity contribution >= 4 is 27.6 Å². The number of carbonyl (C=O) groups is 1. The molecular formula is C16H15BrFNO2. The minimum atomic E-state index is -0.888. The van der Waals surface area contributed by atoms with Gasteiger partial charge in [0, 0.05) is 15.7 Å². The molecule has 0 aromatic heterocycles. The van der Waals surface area contributed by atoms with E-state index in [2.05, 4.69) is 21.2 Å². The third-order valence-corrected chi connectivity index (χ3v) is 3.37. The van der Waals surface area contributed by atoms with Crippen LogP contribution in [0.3, 0.4) is 0 Å². The predicted octanol–water partition coefficient (Wildman–Crippen LogP) is 4.30. The first-order chi connectivity index (χ1) is 10.1. The van der Waals surface area contributed by atoms with Gasteiger partial charge in [-0.15, -0.1) is 0 Å². The Hall–Kier alpha value is -1.88. The number of ether oxygens (including phenoxy) is 1. The molecule has 0 saturated carbocycles. The number of halogens is 2. The van der Waals surface area contributed by atoms with Crippen molar-refractivity contribution in [3.63, 3.8) is 0 Å². The van der Waals surface area contributed by atoms with Gasteiger partial charge in [0.05, 0.1) is 6.61 Å². The van der Waals surface area contributed by atoms with E-state index >= 15 is 0 Å². The summed E-state index contributed by atoms with van der Waals surface area (Å²) in [4.78, 5) is 12.1. The molecule has 5 heteroatoms. The monoisotopic (exact) mass is 351 g/mol. The summed E-state index contributed by atoms with van der Waals surface area (Å²) in [6.07, 6.45) is 0. The number of esters is 1. The molecule has 0 aliphatic carbocycles. The van der Waals surface area contributed by atoms with E-state index in [1.165, 1.54) is 6.07 Å². The third kappa shape index (κ3) is 4.04. The lowest BCUT2D eigenvalue weighted by Crippen LogP contribution is -2.24. The molecule has 0 amide bonds. The molecule has 3 nitrogen and oxygen atoms in total. The number of nitrogens with one attached hydrogen (secondary N) is 1. The molecule has 0 radical (unpaired) electrons. The van der Waals surface area contributed by atoms with Gasteiger partial charge >= 0.3 is 5.97 Å². The van der Waals surface area contributed by atoms with Crippen LogP contribution in [0.25, 0.3) is 0 Å². The molecule has 0 aliphatic rings. The number of hydrogen-bond acceptors (Lipinski definition) is 3. The quantitative estimate of drug-likeness (QED) is 0.816. The summed E-state index contributed by atoms with van der Waals surface area (Å²) in [5.74, 6) is -0.958. The lowest BCUT2D eigenvalue weighted by Gasteiger charge is -2.19. The summed E-state index contributed by atoms with van der Waals surface area (Å²) in [5.41, 5.74) is 0.960. The van der Waals surface area contributed by atoms with Crippen molar-refractivity contribution in [1.29, 1.82) is 0 Å². The summed E-state index contributed by atoms with van der Waals surface area (Å²) >= 11 is 3.36. The Morgan fingerprint density at radius 3 is 2.71 bits per heavy atom. The van der Waals surface area contributed by atoms with E-state index in [0.717, 1.165) is 4.47 Å². The van der Waals surface area contributed by atoms with Crippen molar-refractivity contribution < 1.29 is 13.9 Å². The maximum absolute atomic E-state index is 14.0. The van der Waals surface area contributed by atoms with Crippen LogP contribution in [0.2, 0.25) is 0 Å². The van der Waals surface area contributed by atoms with Crippen molar-refractivity contribution in [2.24, 2.45) is 0 Å². The summed E-state index contributed by atoms with van der Waals surface area (Å²) in [7, 11) is 0. The van der Waals surface area contributed by atoms with E-state index in [0.29, 0.717) is 5.69 Å². The van der Waals surface area contributed by atoms with E-state index in [-0.39, 0.29) is 12.2 Å². The highest BCUT2D eigenvalue weighted by molar-refractivity contribution is 9.10. The molecule has 0 fully saturated rings. The van der Waals surface area contributed by atoms with E-state index < -0.39 is 17.8 Å². The molecule has 1 unspecified atom stereocenters. The first-order valence-electron chi connectivity index (χ1n) is 6.55.